The molecule has 0 aliphatic rings. The number of pyridine rings is 1. The highest BCUT2D eigenvalue weighted by atomic mass is 16.5. The highest BCUT2D eigenvalue weighted by molar-refractivity contribution is 5.85. The van der Waals surface area contributed by atoms with E-state index in [2.05, 4.69) is 43.3 Å². The van der Waals surface area contributed by atoms with Crippen LogP contribution in [0.3, 0.4) is 0 Å². The average molecular weight is 369 g/mol. The summed E-state index contributed by atoms with van der Waals surface area (Å²) < 4.78 is 11.3. The minimum atomic E-state index is 0.542. The van der Waals surface area contributed by atoms with Gasteiger partial charge in [-0.2, -0.15) is 0 Å². The lowest BCUT2D eigenvalue weighted by Crippen LogP contribution is -1.98. The smallest absolute Gasteiger partial charge is 0.118 e. The van der Waals surface area contributed by atoms with E-state index < -0.39 is 0 Å². The van der Waals surface area contributed by atoms with Crippen LogP contribution in [0.15, 0.2) is 78.9 Å². The van der Waals surface area contributed by atoms with Crippen LogP contribution in [0.2, 0.25) is 0 Å². The van der Waals surface area contributed by atoms with E-state index in [1.807, 2.05) is 42.5 Å². The standard InChI is InChI=1S/C25H23NO2/c1-18-8-13-24-23(14-18)21(17-28-16-19-6-4-3-5-7-19)15-25(26-24)20-9-11-22(27-2)12-10-20/h3-15H,16-17H2,1-2H3. The lowest BCUT2D eigenvalue weighted by Gasteiger charge is -2.12. The minimum Gasteiger partial charge on any atom is -0.497 e. The molecule has 0 amide bonds. The fourth-order valence-corrected chi connectivity index (χ4v) is 3.29. The third kappa shape index (κ3) is 4.05. The van der Waals surface area contributed by atoms with E-state index in [0.29, 0.717) is 13.2 Å². The van der Waals surface area contributed by atoms with Gasteiger partial charge in [-0.15, -0.1) is 0 Å². The van der Waals surface area contributed by atoms with Crippen LogP contribution in [0.4, 0.5) is 0 Å². The SMILES string of the molecule is COc1ccc(-c2cc(COCc3ccccc3)c3cc(C)ccc3n2)cc1. The number of aryl methyl sites for hydroxylation is 1. The number of fused-ring (bicyclic) bond motifs is 1. The molecule has 4 rings (SSSR count). The maximum absolute atomic E-state index is 6.03. The summed E-state index contributed by atoms with van der Waals surface area (Å²) in [5, 5.41) is 1.14. The van der Waals surface area contributed by atoms with E-state index >= 15 is 0 Å². The molecule has 0 N–H and O–H groups in total. The van der Waals surface area contributed by atoms with Gasteiger partial charge in [-0.25, -0.2) is 4.98 Å². The molecule has 0 unspecified atom stereocenters. The van der Waals surface area contributed by atoms with Gasteiger partial charge in [0.1, 0.15) is 5.75 Å². The molecule has 3 aromatic carbocycles. The molecular weight excluding hydrogens is 346 g/mol. The highest BCUT2D eigenvalue weighted by Gasteiger charge is 2.09. The van der Waals surface area contributed by atoms with Crippen LogP contribution in [0.1, 0.15) is 16.7 Å². The first-order valence-electron chi connectivity index (χ1n) is 9.39. The summed E-state index contributed by atoms with van der Waals surface area (Å²) in [7, 11) is 1.67. The molecule has 140 valence electrons. The van der Waals surface area contributed by atoms with Crippen LogP contribution in [-0.4, -0.2) is 12.1 Å². The van der Waals surface area contributed by atoms with Crippen molar-refractivity contribution in [1.29, 1.82) is 0 Å². The predicted octanol–water partition coefficient (Wildman–Crippen LogP) is 5.94. The molecule has 0 atom stereocenters. The number of hydrogen-bond donors (Lipinski definition) is 0. The van der Waals surface area contributed by atoms with E-state index in [1.165, 1.54) is 11.1 Å². The summed E-state index contributed by atoms with van der Waals surface area (Å²) in [4.78, 5) is 4.87. The van der Waals surface area contributed by atoms with Gasteiger partial charge in [-0.05, 0) is 60.5 Å². The predicted molar refractivity (Wildman–Crippen MR) is 113 cm³/mol. The molecule has 3 nitrogen and oxygen atoms in total. The summed E-state index contributed by atoms with van der Waals surface area (Å²) >= 11 is 0. The molecule has 0 aliphatic heterocycles. The number of benzene rings is 3. The van der Waals surface area contributed by atoms with Crippen molar-refractivity contribution in [3.8, 4) is 17.0 Å². The molecule has 0 radical (unpaired) electrons. The molecular formula is C25H23NO2. The van der Waals surface area contributed by atoms with Crippen molar-refractivity contribution in [2.45, 2.75) is 20.1 Å². The van der Waals surface area contributed by atoms with E-state index in [4.69, 9.17) is 14.5 Å². The van der Waals surface area contributed by atoms with E-state index in [0.717, 1.165) is 33.5 Å². The maximum Gasteiger partial charge on any atom is 0.118 e. The molecule has 3 heteroatoms. The number of ether oxygens (including phenoxy) is 2. The fourth-order valence-electron chi connectivity index (χ4n) is 3.29. The first-order chi connectivity index (χ1) is 13.7. The number of aromatic nitrogens is 1. The van der Waals surface area contributed by atoms with Crippen molar-refractivity contribution in [3.05, 3.63) is 95.6 Å². The van der Waals surface area contributed by atoms with Crippen LogP contribution < -0.4 is 4.74 Å². The molecule has 0 fully saturated rings. The Labute approximate surface area is 165 Å². The Balaban J connectivity index is 1.66. The zero-order valence-corrected chi connectivity index (χ0v) is 16.2. The number of hydrogen-bond acceptors (Lipinski definition) is 3. The van der Waals surface area contributed by atoms with Crippen molar-refractivity contribution in [2.75, 3.05) is 7.11 Å². The van der Waals surface area contributed by atoms with Gasteiger partial charge in [0.05, 0.1) is 31.5 Å². The molecule has 0 spiro atoms. The zero-order chi connectivity index (χ0) is 19.3. The van der Waals surface area contributed by atoms with Gasteiger partial charge in [0.2, 0.25) is 0 Å². The minimum absolute atomic E-state index is 0.542. The van der Waals surface area contributed by atoms with Gasteiger partial charge in [-0.3, -0.25) is 0 Å². The molecule has 1 aromatic heterocycles. The largest absolute Gasteiger partial charge is 0.497 e. The van der Waals surface area contributed by atoms with Crippen molar-refractivity contribution >= 4 is 10.9 Å². The topological polar surface area (TPSA) is 31.4 Å². The molecule has 28 heavy (non-hydrogen) atoms. The van der Waals surface area contributed by atoms with E-state index in [9.17, 15) is 0 Å². The van der Waals surface area contributed by atoms with Gasteiger partial charge >= 0.3 is 0 Å². The van der Waals surface area contributed by atoms with Gasteiger partial charge in [0.15, 0.2) is 0 Å². The van der Waals surface area contributed by atoms with Crippen molar-refractivity contribution in [1.82, 2.24) is 4.98 Å². The fraction of sp³-hybridized carbons (Fsp3) is 0.160. The summed E-state index contributed by atoms with van der Waals surface area (Å²) in [6.45, 7) is 3.24. The number of nitrogens with zero attached hydrogens (tertiary/aromatic N) is 1. The van der Waals surface area contributed by atoms with Gasteiger partial charge in [-0.1, -0.05) is 42.0 Å². The Bertz CT molecular complexity index is 1070. The zero-order valence-electron chi connectivity index (χ0n) is 16.2. The molecule has 0 bridgehead atoms. The summed E-state index contributed by atoms with van der Waals surface area (Å²) in [6.07, 6.45) is 0. The summed E-state index contributed by atoms with van der Waals surface area (Å²) in [6, 6.07) is 26.7. The monoisotopic (exact) mass is 369 g/mol. The maximum atomic E-state index is 6.03. The van der Waals surface area contributed by atoms with Crippen molar-refractivity contribution in [2.24, 2.45) is 0 Å². The first-order valence-corrected chi connectivity index (χ1v) is 9.39. The van der Waals surface area contributed by atoms with Gasteiger partial charge in [0.25, 0.3) is 0 Å². The molecule has 1 heterocycles. The second-order valence-corrected chi connectivity index (χ2v) is 6.89. The second-order valence-electron chi connectivity index (χ2n) is 6.89. The Morgan fingerprint density at radius 3 is 2.36 bits per heavy atom. The summed E-state index contributed by atoms with van der Waals surface area (Å²) in [5.41, 5.74) is 6.53. The third-order valence-electron chi connectivity index (χ3n) is 4.80. The van der Waals surface area contributed by atoms with Crippen LogP contribution in [0.25, 0.3) is 22.2 Å². The lowest BCUT2D eigenvalue weighted by atomic mass is 10.0. The Morgan fingerprint density at radius 2 is 1.61 bits per heavy atom. The average Bonchev–Trinajstić information content (AvgIpc) is 2.74. The first kappa shape index (κ1) is 18.2. The van der Waals surface area contributed by atoms with Crippen molar-refractivity contribution < 1.29 is 9.47 Å². The van der Waals surface area contributed by atoms with Crippen LogP contribution in [0, 0.1) is 6.92 Å². The highest BCUT2D eigenvalue weighted by Crippen LogP contribution is 2.27. The van der Waals surface area contributed by atoms with E-state index in [1.54, 1.807) is 7.11 Å². The quantitative estimate of drug-likeness (QED) is 0.422. The molecule has 0 aliphatic carbocycles. The second kappa shape index (κ2) is 8.24. The van der Waals surface area contributed by atoms with Gasteiger partial charge < -0.3 is 9.47 Å². The Hall–Kier alpha value is -3.17. The summed E-state index contributed by atoms with van der Waals surface area (Å²) in [5.74, 6) is 0.839. The molecule has 4 aromatic rings. The van der Waals surface area contributed by atoms with Gasteiger partial charge in [0, 0.05) is 10.9 Å². The van der Waals surface area contributed by atoms with Crippen LogP contribution in [0.5, 0.6) is 5.75 Å². The van der Waals surface area contributed by atoms with Crippen molar-refractivity contribution in [3.63, 3.8) is 0 Å². The Kier molecular flexibility index (Phi) is 5.36. The van der Waals surface area contributed by atoms with Crippen LogP contribution >= 0.6 is 0 Å². The molecule has 0 saturated heterocycles. The van der Waals surface area contributed by atoms with Crippen LogP contribution in [-0.2, 0) is 18.0 Å². The molecule has 0 saturated carbocycles. The Morgan fingerprint density at radius 1 is 0.821 bits per heavy atom. The third-order valence-corrected chi connectivity index (χ3v) is 4.80. The number of methoxy groups -OCH3 is 1. The normalized spacial score (nSPS) is 10.9. The number of rotatable bonds is 6. The van der Waals surface area contributed by atoms with E-state index in [-0.39, 0.29) is 0 Å². The lowest BCUT2D eigenvalue weighted by molar-refractivity contribution is 0.108.